The van der Waals surface area contributed by atoms with Crippen LogP contribution in [0, 0.1) is 0 Å². The number of thiazole rings is 1. The largest absolute Gasteiger partial charge is 0.494 e. The molecule has 0 radical (unpaired) electrons. The van der Waals surface area contributed by atoms with E-state index in [9.17, 15) is 4.79 Å². The highest BCUT2D eigenvalue weighted by atomic mass is 32.1. The Bertz CT molecular complexity index is 1100. The normalized spacial score (nSPS) is 14.7. The Balaban J connectivity index is 1.30. The monoisotopic (exact) mass is 479 g/mol. The van der Waals surface area contributed by atoms with E-state index in [0.29, 0.717) is 6.61 Å². The van der Waals surface area contributed by atoms with Crippen molar-refractivity contribution < 1.29 is 14.6 Å². The minimum atomic E-state index is -0.729. The number of hydrogen-bond donors (Lipinski definition) is 1. The summed E-state index contributed by atoms with van der Waals surface area (Å²) in [5.41, 5.74) is 4.59. The topological polar surface area (TPSA) is 75.5 Å². The number of anilines is 1. The number of nitrogens with zero attached hydrogens (tertiary/aromatic N) is 3. The molecule has 0 bridgehead atoms. The van der Waals surface area contributed by atoms with E-state index in [0.717, 1.165) is 73.0 Å². The van der Waals surface area contributed by atoms with Crippen molar-refractivity contribution in [2.75, 3.05) is 24.6 Å². The van der Waals surface area contributed by atoms with Gasteiger partial charge in [-0.2, -0.15) is 0 Å². The molecule has 2 heterocycles. The number of carbonyl (C=O) groups is 1. The van der Waals surface area contributed by atoms with Gasteiger partial charge in [0.05, 0.1) is 18.7 Å². The van der Waals surface area contributed by atoms with Crippen molar-refractivity contribution in [2.24, 2.45) is 0 Å². The van der Waals surface area contributed by atoms with E-state index < -0.39 is 5.97 Å². The standard InChI is InChI=1S/C27H33N3O3S/c1-3-12-30(25-11-8-21(17-28-25)27-29-22(4-2)18-34-27)13-5-14-33-23-9-10-24-19(15-23)6-7-20(24)16-26(31)32/h8-11,15,17-18,20H,3-7,12-14,16H2,1-2H3,(H,31,32)/t20-/m0/s1. The van der Waals surface area contributed by atoms with Gasteiger partial charge in [-0.1, -0.05) is 19.9 Å². The van der Waals surface area contributed by atoms with Crippen molar-refractivity contribution in [1.82, 2.24) is 9.97 Å². The zero-order valence-corrected chi connectivity index (χ0v) is 20.8. The molecule has 1 aliphatic carbocycles. The molecule has 4 rings (SSSR count). The molecule has 0 fully saturated rings. The summed E-state index contributed by atoms with van der Waals surface area (Å²) in [4.78, 5) is 22.8. The summed E-state index contributed by atoms with van der Waals surface area (Å²) in [5.74, 6) is 1.26. The summed E-state index contributed by atoms with van der Waals surface area (Å²) in [6.45, 7) is 6.77. The lowest BCUT2D eigenvalue weighted by atomic mass is 9.98. The molecule has 0 aliphatic heterocycles. The molecule has 6 nitrogen and oxygen atoms in total. The third kappa shape index (κ3) is 5.95. The number of hydrogen-bond acceptors (Lipinski definition) is 6. The quantitative estimate of drug-likeness (QED) is 0.323. The Morgan fingerprint density at radius 3 is 2.82 bits per heavy atom. The van der Waals surface area contributed by atoms with E-state index in [-0.39, 0.29) is 12.3 Å². The van der Waals surface area contributed by atoms with E-state index in [1.165, 1.54) is 11.1 Å². The van der Waals surface area contributed by atoms with E-state index >= 15 is 0 Å². The van der Waals surface area contributed by atoms with Crippen LogP contribution in [0.5, 0.6) is 5.75 Å². The fourth-order valence-corrected chi connectivity index (χ4v) is 5.45. The number of aliphatic carboxylic acids is 1. The number of fused-ring (bicyclic) bond motifs is 1. The second-order valence-electron chi connectivity index (χ2n) is 8.79. The zero-order chi connectivity index (χ0) is 23.9. The molecule has 0 unspecified atom stereocenters. The molecule has 1 N–H and O–H groups in total. The van der Waals surface area contributed by atoms with Gasteiger partial charge in [-0.15, -0.1) is 11.3 Å². The maximum Gasteiger partial charge on any atom is 0.303 e. The first kappa shape index (κ1) is 24.2. The molecule has 0 amide bonds. The van der Waals surface area contributed by atoms with Crippen LogP contribution >= 0.6 is 11.3 Å². The highest BCUT2D eigenvalue weighted by molar-refractivity contribution is 7.13. The lowest BCUT2D eigenvalue weighted by Crippen LogP contribution is -2.27. The summed E-state index contributed by atoms with van der Waals surface area (Å²) >= 11 is 1.67. The third-order valence-electron chi connectivity index (χ3n) is 6.30. The van der Waals surface area contributed by atoms with Gasteiger partial charge in [0.25, 0.3) is 0 Å². The molecular weight excluding hydrogens is 446 g/mol. The minimum absolute atomic E-state index is 0.132. The molecule has 3 aromatic rings. The van der Waals surface area contributed by atoms with Crippen LogP contribution in [0.3, 0.4) is 0 Å². The van der Waals surface area contributed by atoms with Crippen molar-refractivity contribution in [2.45, 2.75) is 58.3 Å². The molecule has 0 saturated heterocycles. The Morgan fingerprint density at radius 1 is 1.24 bits per heavy atom. The molecule has 1 aromatic carbocycles. The van der Waals surface area contributed by atoms with E-state index in [1.807, 2.05) is 18.3 Å². The molecular formula is C27H33N3O3S. The van der Waals surface area contributed by atoms with Gasteiger partial charge in [0.2, 0.25) is 0 Å². The number of carboxylic acids is 1. The highest BCUT2D eigenvalue weighted by Gasteiger charge is 2.24. The van der Waals surface area contributed by atoms with Gasteiger partial charge in [0.1, 0.15) is 16.6 Å². The van der Waals surface area contributed by atoms with Crippen molar-refractivity contribution in [3.63, 3.8) is 0 Å². The Morgan fingerprint density at radius 2 is 2.12 bits per heavy atom. The first-order chi connectivity index (χ1) is 16.6. The maximum atomic E-state index is 11.1. The molecule has 0 spiro atoms. The molecule has 34 heavy (non-hydrogen) atoms. The second kappa shape index (κ2) is 11.5. The van der Waals surface area contributed by atoms with E-state index in [1.54, 1.807) is 11.3 Å². The molecule has 0 saturated carbocycles. The van der Waals surface area contributed by atoms with Crippen molar-refractivity contribution >= 4 is 23.1 Å². The fourth-order valence-electron chi connectivity index (χ4n) is 4.55. The first-order valence-electron chi connectivity index (χ1n) is 12.2. The van der Waals surface area contributed by atoms with Crippen LogP contribution in [0.25, 0.3) is 10.6 Å². The molecule has 7 heteroatoms. The molecule has 1 atom stereocenters. The summed E-state index contributed by atoms with van der Waals surface area (Å²) in [5, 5.41) is 12.2. The van der Waals surface area contributed by atoms with Crippen LogP contribution in [-0.2, 0) is 17.6 Å². The molecule has 2 aromatic heterocycles. The number of pyridine rings is 1. The summed E-state index contributed by atoms with van der Waals surface area (Å²) < 4.78 is 6.03. The summed E-state index contributed by atoms with van der Waals surface area (Å²) in [7, 11) is 0. The van der Waals surface area contributed by atoms with Crippen molar-refractivity contribution in [1.29, 1.82) is 0 Å². The predicted molar refractivity (Wildman–Crippen MR) is 137 cm³/mol. The van der Waals surface area contributed by atoms with Crippen LogP contribution in [0.1, 0.15) is 62.3 Å². The Hall–Kier alpha value is -2.93. The SMILES string of the molecule is CCCN(CCCOc1ccc2c(c1)CC[C@H]2CC(=O)O)c1ccc(-c2nc(CC)cs2)cn1. The maximum absolute atomic E-state index is 11.1. The Kier molecular flexibility index (Phi) is 8.16. The fraction of sp³-hybridized carbons (Fsp3) is 0.444. The van der Waals surface area contributed by atoms with Crippen LogP contribution in [-0.4, -0.2) is 40.7 Å². The van der Waals surface area contributed by atoms with Crippen LogP contribution < -0.4 is 9.64 Å². The number of aryl methyl sites for hydroxylation is 2. The number of aromatic nitrogens is 2. The van der Waals surface area contributed by atoms with Crippen LogP contribution in [0.15, 0.2) is 41.9 Å². The second-order valence-corrected chi connectivity index (χ2v) is 9.64. The zero-order valence-electron chi connectivity index (χ0n) is 20.0. The lowest BCUT2D eigenvalue weighted by molar-refractivity contribution is -0.137. The van der Waals surface area contributed by atoms with Gasteiger partial charge >= 0.3 is 5.97 Å². The smallest absolute Gasteiger partial charge is 0.303 e. The van der Waals surface area contributed by atoms with E-state index in [4.69, 9.17) is 14.8 Å². The predicted octanol–water partition coefficient (Wildman–Crippen LogP) is 5.96. The average Bonchev–Trinajstić information content (AvgIpc) is 3.48. The minimum Gasteiger partial charge on any atom is -0.494 e. The van der Waals surface area contributed by atoms with Gasteiger partial charge < -0.3 is 14.7 Å². The van der Waals surface area contributed by atoms with Crippen LogP contribution in [0.2, 0.25) is 0 Å². The third-order valence-corrected chi connectivity index (χ3v) is 7.25. The Labute approximate surface area is 205 Å². The van der Waals surface area contributed by atoms with Crippen molar-refractivity contribution in [3.05, 3.63) is 58.7 Å². The van der Waals surface area contributed by atoms with Gasteiger partial charge in [-0.25, -0.2) is 9.97 Å². The van der Waals surface area contributed by atoms with Gasteiger partial charge in [0.15, 0.2) is 0 Å². The molecule has 1 aliphatic rings. The number of benzene rings is 1. The number of ether oxygens (including phenoxy) is 1. The lowest BCUT2D eigenvalue weighted by Gasteiger charge is -2.23. The van der Waals surface area contributed by atoms with Crippen LogP contribution in [0.4, 0.5) is 5.82 Å². The number of carboxylic acid groups (broad SMARTS) is 1. The van der Waals surface area contributed by atoms with Gasteiger partial charge in [0, 0.05) is 30.2 Å². The highest BCUT2D eigenvalue weighted by Crippen LogP contribution is 2.37. The first-order valence-corrected chi connectivity index (χ1v) is 13.1. The number of rotatable bonds is 12. The molecule has 180 valence electrons. The summed E-state index contributed by atoms with van der Waals surface area (Å²) in [6.07, 6.45) is 6.87. The average molecular weight is 480 g/mol. The van der Waals surface area contributed by atoms with Crippen molar-refractivity contribution in [3.8, 4) is 16.3 Å². The van der Waals surface area contributed by atoms with Gasteiger partial charge in [-0.3, -0.25) is 4.79 Å². The summed E-state index contributed by atoms with van der Waals surface area (Å²) in [6, 6.07) is 10.3. The van der Waals surface area contributed by atoms with E-state index in [2.05, 4.69) is 47.3 Å². The van der Waals surface area contributed by atoms with Gasteiger partial charge in [-0.05, 0) is 73.4 Å².